The Kier molecular flexibility index (Phi) is 7.93. The van der Waals surface area contributed by atoms with Crippen LogP contribution in [-0.4, -0.2) is 19.1 Å². The van der Waals surface area contributed by atoms with Crippen LogP contribution in [0.3, 0.4) is 0 Å². The highest BCUT2D eigenvalue weighted by atomic mass is 79.9. The molecule has 2 aromatic carbocycles. The molecule has 25 heavy (non-hydrogen) atoms. The Hall–Kier alpha value is -1.37. The van der Waals surface area contributed by atoms with Crippen molar-refractivity contribution in [2.24, 2.45) is 0 Å². The molecule has 0 aliphatic rings. The number of hydrogen-bond acceptors (Lipinski definition) is 3. The molecule has 0 saturated heterocycles. The van der Waals surface area contributed by atoms with Crippen LogP contribution in [0, 0.1) is 0 Å². The van der Waals surface area contributed by atoms with E-state index in [9.17, 15) is 4.79 Å². The van der Waals surface area contributed by atoms with Gasteiger partial charge >= 0.3 is 0 Å². The summed E-state index contributed by atoms with van der Waals surface area (Å²) in [4.78, 5) is 11.9. The van der Waals surface area contributed by atoms with Crippen LogP contribution in [0.2, 0.25) is 0 Å². The molecule has 6 heteroatoms. The third kappa shape index (κ3) is 5.83. The van der Waals surface area contributed by atoms with Gasteiger partial charge in [0.1, 0.15) is 5.75 Å². The van der Waals surface area contributed by atoms with Crippen LogP contribution in [0.15, 0.2) is 45.3 Å². The number of halogens is 2. The van der Waals surface area contributed by atoms with Gasteiger partial charge in [-0.25, -0.2) is 0 Å². The van der Waals surface area contributed by atoms with Crippen molar-refractivity contribution in [3.05, 3.63) is 62.0 Å². The van der Waals surface area contributed by atoms with Crippen molar-refractivity contribution < 1.29 is 9.53 Å². The lowest BCUT2D eigenvalue weighted by molar-refractivity contribution is 0.0955. The Morgan fingerprint density at radius 1 is 1.04 bits per heavy atom. The molecule has 134 valence electrons. The molecule has 1 amide bonds. The van der Waals surface area contributed by atoms with Gasteiger partial charge < -0.3 is 15.4 Å². The Bertz CT molecular complexity index is 712. The van der Waals surface area contributed by atoms with E-state index < -0.39 is 0 Å². The zero-order valence-corrected chi connectivity index (χ0v) is 17.5. The molecular weight excluding hydrogens is 448 g/mol. The molecule has 0 saturated carbocycles. The SMILES string of the molecule is CCNC(=O)c1cccc(CNCc2cc(Br)c(OCC)c(Br)c2)c1. The third-order valence-corrected chi connectivity index (χ3v) is 4.71. The quantitative estimate of drug-likeness (QED) is 0.591. The monoisotopic (exact) mass is 468 g/mol. The van der Waals surface area contributed by atoms with Crippen molar-refractivity contribution in [1.29, 1.82) is 0 Å². The van der Waals surface area contributed by atoms with Crippen LogP contribution in [0.5, 0.6) is 5.75 Å². The van der Waals surface area contributed by atoms with E-state index in [1.807, 2.05) is 50.2 Å². The van der Waals surface area contributed by atoms with Gasteiger partial charge in [0.25, 0.3) is 5.91 Å². The summed E-state index contributed by atoms with van der Waals surface area (Å²) in [6.07, 6.45) is 0. The average molecular weight is 470 g/mol. The predicted molar refractivity (Wildman–Crippen MR) is 108 cm³/mol. The summed E-state index contributed by atoms with van der Waals surface area (Å²) in [7, 11) is 0. The number of amides is 1. The highest BCUT2D eigenvalue weighted by Gasteiger charge is 2.09. The molecular formula is C19H22Br2N2O2. The maximum atomic E-state index is 11.9. The normalized spacial score (nSPS) is 10.6. The van der Waals surface area contributed by atoms with Gasteiger partial charge in [0.15, 0.2) is 0 Å². The van der Waals surface area contributed by atoms with Gasteiger partial charge in [0, 0.05) is 25.2 Å². The van der Waals surface area contributed by atoms with Gasteiger partial charge in [0.05, 0.1) is 15.6 Å². The summed E-state index contributed by atoms with van der Waals surface area (Å²) in [5.41, 5.74) is 2.91. The smallest absolute Gasteiger partial charge is 0.251 e. The van der Waals surface area contributed by atoms with Crippen molar-refractivity contribution in [1.82, 2.24) is 10.6 Å². The molecule has 0 unspecified atom stereocenters. The van der Waals surface area contributed by atoms with E-state index in [0.717, 1.165) is 32.4 Å². The molecule has 0 aromatic heterocycles. The Morgan fingerprint density at radius 3 is 2.36 bits per heavy atom. The number of benzene rings is 2. The first-order chi connectivity index (χ1) is 12.0. The van der Waals surface area contributed by atoms with Crippen LogP contribution in [0.4, 0.5) is 0 Å². The molecule has 4 nitrogen and oxygen atoms in total. The zero-order chi connectivity index (χ0) is 18.2. The second-order valence-electron chi connectivity index (χ2n) is 5.48. The fourth-order valence-corrected chi connectivity index (χ4v) is 3.94. The molecule has 2 N–H and O–H groups in total. The fraction of sp³-hybridized carbons (Fsp3) is 0.316. The second kappa shape index (κ2) is 9.94. The number of nitrogens with one attached hydrogen (secondary N) is 2. The Labute approximate surface area is 165 Å². The molecule has 0 heterocycles. The van der Waals surface area contributed by atoms with E-state index in [-0.39, 0.29) is 5.91 Å². The highest BCUT2D eigenvalue weighted by Crippen LogP contribution is 2.34. The lowest BCUT2D eigenvalue weighted by atomic mass is 10.1. The van der Waals surface area contributed by atoms with Crippen LogP contribution >= 0.6 is 31.9 Å². The number of hydrogen-bond donors (Lipinski definition) is 2. The molecule has 0 radical (unpaired) electrons. The van der Waals surface area contributed by atoms with Crippen LogP contribution in [0.1, 0.15) is 35.3 Å². The van der Waals surface area contributed by atoms with E-state index in [4.69, 9.17) is 4.74 Å². The van der Waals surface area contributed by atoms with Crippen molar-refractivity contribution in [2.75, 3.05) is 13.2 Å². The fourth-order valence-electron chi connectivity index (χ4n) is 2.43. The first-order valence-electron chi connectivity index (χ1n) is 8.23. The largest absolute Gasteiger partial charge is 0.492 e. The topological polar surface area (TPSA) is 50.4 Å². The van der Waals surface area contributed by atoms with Crippen molar-refractivity contribution >= 4 is 37.8 Å². The summed E-state index contributed by atoms with van der Waals surface area (Å²) in [6, 6.07) is 11.8. The van der Waals surface area contributed by atoms with Gasteiger partial charge in [-0.1, -0.05) is 12.1 Å². The van der Waals surface area contributed by atoms with Crippen LogP contribution in [-0.2, 0) is 13.1 Å². The van der Waals surface area contributed by atoms with Gasteiger partial charge in [-0.05, 0) is 81.1 Å². The Balaban J connectivity index is 1.97. The lowest BCUT2D eigenvalue weighted by Gasteiger charge is -2.12. The molecule has 0 aliphatic heterocycles. The van der Waals surface area contributed by atoms with Gasteiger partial charge in [-0.3, -0.25) is 4.79 Å². The predicted octanol–water partition coefficient (Wildman–Crippen LogP) is 4.65. The van der Waals surface area contributed by atoms with Crippen molar-refractivity contribution in [3.63, 3.8) is 0 Å². The number of rotatable bonds is 8. The van der Waals surface area contributed by atoms with Crippen LogP contribution in [0.25, 0.3) is 0 Å². The second-order valence-corrected chi connectivity index (χ2v) is 7.19. The minimum Gasteiger partial charge on any atom is -0.492 e. The van der Waals surface area contributed by atoms with E-state index in [1.165, 1.54) is 0 Å². The lowest BCUT2D eigenvalue weighted by Crippen LogP contribution is -2.23. The third-order valence-electron chi connectivity index (χ3n) is 3.53. The highest BCUT2D eigenvalue weighted by molar-refractivity contribution is 9.11. The maximum absolute atomic E-state index is 11.9. The summed E-state index contributed by atoms with van der Waals surface area (Å²) in [5.74, 6) is 0.782. The molecule has 0 fully saturated rings. The minimum absolute atomic E-state index is 0.0382. The number of ether oxygens (including phenoxy) is 1. The summed E-state index contributed by atoms with van der Waals surface area (Å²) in [5, 5.41) is 6.23. The van der Waals surface area contributed by atoms with Crippen molar-refractivity contribution in [2.45, 2.75) is 26.9 Å². The first kappa shape index (κ1) is 19.9. The Morgan fingerprint density at radius 2 is 1.72 bits per heavy atom. The molecule has 2 aromatic rings. The number of carbonyl (C=O) groups is 1. The van der Waals surface area contributed by atoms with Crippen molar-refractivity contribution in [3.8, 4) is 5.75 Å². The maximum Gasteiger partial charge on any atom is 0.251 e. The molecule has 2 rings (SSSR count). The van der Waals surface area contributed by atoms with Gasteiger partial charge in [-0.15, -0.1) is 0 Å². The van der Waals surface area contributed by atoms with E-state index >= 15 is 0 Å². The number of carbonyl (C=O) groups excluding carboxylic acids is 1. The average Bonchev–Trinajstić information content (AvgIpc) is 2.59. The minimum atomic E-state index is -0.0382. The summed E-state index contributed by atoms with van der Waals surface area (Å²) >= 11 is 7.10. The van der Waals surface area contributed by atoms with Gasteiger partial charge in [-0.2, -0.15) is 0 Å². The van der Waals surface area contributed by atoms with Crippen LogP contribution < -0.4 is 15.4 Å². The summed E-state index contributed by atoms with van der Waals surface area (Å²) in [6.45, 7) is 6.53. The standard InChI is InChI=1S/C19H22Br2N2O2/c1-3-23-19(24)15-7-5-6-13(8-15)11-22-12-14-9-16(20)18(25-4-2)17(21)10-14/h5-10,22H,3-4,11-12H2,1-2H3,(H,23,24). The first-order valence-corrected chi connectivity index (χ1v) is 9.82. The van der Waals surface area contributed by atoms with E-state index in [0.29, 0.717) is 25.3 Å². The zero-order valence-electron chi connectivity index (χ0n) is 14.4. The summed E-state index contributed by atoms with van der Waals surface area (Å²) < 4.78 is 7.46. The molecule has 0 bridgehead atoms. The van der Waals surface area contributed by atoms with Gasteiger partial charge in [0.2, 0.25) is 0 Å². The molecule has 0 aliphatic carbocycles. The molecule has 0 atom stereocenters. The van der Waals surface area contributed by atoms with E-state index in [2.05, 4.69) is 42.5 Å². The molecule has 0 spiro atoms. The van der Waals surface area contributed by atoms with E-state index in [1.54, 1.807) is 0 Å².